The molecule has 0 rings (SSSR count). The molecule has 0 aliphatic heterocycles. The topological polar surface area (TPSA) is 111 Å². The van der Waals surface area contributed by atoms with Gasteiger partial charge < -0.3 is 20.8 Å². The molecule has 0 aromatic carbocycles. The third-order valence-corrected chi connectivity index (χ3v) is 1.20. The molecule has 1 unspecified atom stereocenters. The Kier molecular flexibility index (Phi) is 33.7. The van der Waals surface area contributed by atoms with Gasteiger partial charge in [0.2, 0.25) is 0 Å². The van der Waals surface area contributed by atoms with Gasteiger partial charge in [-0.3, -0.25) is 0 Å². The highest BCUT2D eigenvalue weighted by atomic mass is 35.5. The van der Waals surface area contributed by atoms with Gasteiger partial charge in [0.05, 0.1) is 42.3 Å². The molecule has 10 heteroatoms. The Hall–Kier alpha value is 0.920. The lowest BCUT2D eigenvalue weighted by Gasteiger charge is -1.95. The predicted octanol–water partition coefficient (Wildman–Crippen LogP) is -0.221. The van der Waals surface area contributed by atoms with Crippen molar-refractivity contribution in [2.24, 2.45) is 0 Å². The van der Waals surface area contributed by atoms with E-state index in [0.717, 1.165) is 0 Å². The third kappa shape index (κ3) is 23.1. The van der Waals surface area contributed by atoms with E-state index in [1.165, 1.54) is 0 Å². The molecule has 14 heavy (non-hydrogen) atoms. The third-order valence-electron chi connectivity index (χ3n) is 0.541. The molecule has 0 aromatic heterocycles. The van der Waals surface area contributed by atoms with Crippen LogP contribution in [0.3, 0.4) is 0 Å². The van der Waals surface area contributed by atoms with Crippen molar-refractivity contribution in [2.45, 2.75) is 12.6 Å². The Bertz CT molecular complexity index is 70.2. The highest BCUT2D eigenvalue weighted by molar-refractivity contribution is 6.18. The molecular weight excluding hydrogens is 286 g/mol. The van der Waals surface area contributed by atoms with Crippen LogP contribution in [0.2, 0.25) is 0 Å². The Morgan fingerprint density at radius 1 is 1.14 bits per heavy atom. The number of rotatable bonds is 4. The first kappa shape index (κ1) is 24.2. The van der Waals surface area contributed by atoms with Crippen LogP contribution in [0.4, 0.5) is 0 Å². The molecule has 0 amide bonds. The lowest BCUT2D eigenvalue weighted by molar-refractivity contribution is -0.153. The van der Waals surface area contributed by atoms with Gasteiger partial charge in [0.15, 0.2) is 0 Å². The number of aliphatic hydroxyl groups is 3. The van der Waals surface area contributed by atoms with Gasteiger partial charge >= 0.3 is 6.48 Å². The van der Waals surface area contributed by atoms with Gasteiger partial charge in [-0.2, -0.15) is 0 Å². The quantitative estimate of drug-likeness (QED) is 0.491. The maximum atomic E-state index is 8.28. The van der Waals surface area contributed by atoms with Crippen LogP contribution in [0.1, 0.15) is 0 Å². The normalized spacial score (nSPS) is 10.5. The largest absolute Gasteiger partial charge is 0.412 e. The second kappa shape index (κ2) is 19.5. The summed E-state index contributed by atoms with van der Waals surface area (Å²) in [5.74, 6) is 0.108. The van der Waals surface area contributed by atoms with Gasteiger partial charge in [-0.15, -0.1) is 24.0 Å². The van der Waals surface area contributed by atoms with E-state index in [0.29, 0.717) is 0 Å². The molecule has 0 saturated heterocycles. The Balaban J connectivity index is -0.0000000625. The average Bonchev–Trinajstić information content (AvgIpc) is 2.16. The first-order valence-corrected chi connectivity index (χ1v) is 3.85. The molecule has 0 bridgehead atoms. The molecule has 0 aromatic rings. The zero-order valence-corrected chi connectivity index (χ0v) is 9.85. The summed E-state index contributed by atoms with van der Waals surface area (Å²) >= 11 is 14.0. The first-order chi connectivity index (χ1) is 5.62. The second-order valence-corrected chi connectivity index (χ2v) is 2.14. The summed E-state index contributed by atoms with van der Waals surface area (Å²) in [5.41, 5.74) is 0. The lowest BCUT2D eigenvalue weighted by atomic mass is 10.5. The van der Waals surface area contributed by atoms with Gasteiger partial charge in [-0.25, -0.2) is 8.58 Å². The molecule has 0 aliphatic rings. The molecule has 0 radical (unpaired) electrons. The van der Waals surface area contributed by atoms with Crippen LogP contribution >= 0.6 is 47.7 Å². The minimum atomic E-state index is -1.53. The van der Waals surface area contributed by atoms with Crippen molar-refractivity contribution in [3.63, 3.8) is 0 Å². The zero-order chi connectivity index (χ0) is 9.98. The molecule has 0 heterocycles. The maximum Gasteiger partial charge on any atom is 0.302 e. The van der Waals surface area contributed by atoms with Crippen LogP contribution in [-0.2, 0) is 8.58 Å². The standard InChI is InChI=1S/C3H7ClO2.CH2Cl2O3.ClH.H2O/c4-1-3(6)2-5;2-5-1(4)6-3;;/h3,5-6H,1-2H2;1,4H;1H;1H2. The van der Waals surface area contributed by atoms with Gasteiger partial charge in [0.1, 0.15) is 0 Å². The number of halogens is 4. The number of aliphatic hydroxyl groups excluding tert-OH is 3. The minimum Gasteiger partial charge on any atom is -0.412 e. The Labute approximate surface area is 102 Å². The smallest absolute Gasteiger partial charge is 0.302 e. The molecule has 0 saturated carbocycles. The minimum absolute atomic E-state index is 0. The second-order valence-electron chi connectivity index (χ2n) is 1.48. The van der Waals surface area contributed by atoms with E-state index < -0.39 is 12.6 Å². The Morgan fingerprint density at radius 3 is 1.50 bits per heavy atom. The van der Waals surface area contributed by atoms with Crippen molar-refractivity contribution >= 4 is 47.7 Å². The van der Waals surface area contributed by atoms with Crippen LogP contribution < -0.4 is 0 Å². The summed E-state index contributed by atoms with van der Waals surface area (Å²) in [7, 11) is 0. The van der Waals surface area contributed by atoms with E-state index in [-0.39, 0.29) is 30.4 Å². The fraction of sp³-hybridized carbons (Fsp3) is 1.00. The van der Waals surface area contributed by atoms with Crippen LogP contribution in [0, 0.1) is 0 Å². The molecule has 6 nitrogen and oxygen atoms in total. The maximum absolute atomic E-state index is 8.28. The van der Waals surface area contributed by atoms with Crippen LogP contribution in [0.15, 0.2) is 0 Å². The van der Waals surface area contributed by atoms with Crippen molar-refractivity contribution in [3.8, 4) is 0 Å². The van der Waals surface area contributed by atoms with E-state index in [1.807, 2.05) is 0 Å². The molecule has 0 aliphatic carbocycles. The average molecular weight is 298 g/mol. The van der Waals surface area contributed by atoms with Crippen LogP contribution in [-0.4, -0.2) is 45.9 Å². The summed E-state index contributed by atoms with van der Waals surface area (Å²) in [6.45, 7) is -1.78. The van der Waals surface area contributed by atoms with E-state index in [1.54, 1.807) is 0 Å². The van der Waals surface area contributed by atoms with Crippen molar-refractivity contribution < 1.29 is 29.4 Å². The number of hydrogen-bond acceptors (Lipinski definition) is 5. The summed E-state index contributed by atoms with van der Waals surface area (Å²) in [5, 5.41) is 24.2. The van der Waals surface area contributed by atoms with Crippen LogP contribution in [0.5, 0.6) is 0 Å². The van der Waals surface area contributed by atoms with E-state index >= 15 is 0 Å². The summed E-state index contributed by atoms with van der Waals surface area (Å²) in [4.78, 5) is 0. The van der Waals surface area contributed by atoms with Gasteiger partial charge in [-0.05, 0) is 0 Å². The number of hydrogen-bond donors (Lipinski definition) is 3. The van der Waals surface area contributed by atoms with Crippen LogP contribution in [0.25, 0.3) is 0 Å². The Morgan fingerprint density at radius 2 is 1.50 bits per heavy atom. The summed E-state index contributed by atoms with van der Waals surface area (Å²) in [6.07, 6.45) is -0.744. The fourth-order valence-electron chi connectivity index (χ4n) is 0.0625. The monoisotopic (exact) mass is 296 g/mol. The van der Waals surface area contributed by atoms with Crippen molar-refractivity contribution in [2.75, 3.05) is 12.5 Å². The van der Waals surface area contributed by atoms with Crippen molar-refractivity contribution in [1.82, 2.24) is 0 Å². The summed E-state index contributed by atoms with van der Waals surface area (Å²) < 4.78 is 7.15. The van der Waals surface area contributed by atoms with Crippen molar-refractivity contribution in [3.05, 3.63) is 0 Å². The summed E-state index contributed by atoms with van der Waals surface area (Å²) in [6, 6.07) is 0. The molecule has 0 fully saturated rings. The lowest BCUT2D eigenvalue weighted by Crippen LogP contribution is -2.12. The van der Waals surface area contributed by atoms with Gasteiger partial charge in [0.25, 0.3) is 0 Å². The van der Waals surface area contributed by atoms with Gasteiger partial charge in [0, 0.05) is 0 Å². The molecule has 5 N–H and O–H groups in total. The van der Waals surface area contributed by atoms with Crippen molar-refractivity contribution in [1.29, 1.82) is 0 Å². The van der Waals surface area contributed by atoms with E-state index in [4.69, 9.17) is 26.9 Å². The fourth-order valence-corrected chi connectivity index (χ4v) is 0.270. The predicted molar refractivity (Wildman–Crippen MR) is 54.6 cm³/mol. The van der Waals surface area contributed by atoms with Gasteiger partial charge in [-0.1, -0.05) is 0 Å². The first-order valence-electron chi connectivity index (χ1n) is 2.70. The molecule has 0 spiro atoms. The number of alkyl halides is 1. The SMILES string of the molecule is Cl.O.OC(OCl)OCl.OCC(O)CCl. The molecule has 1 atom stereocenters. The highest BCUT2D eigenvalue weighted by Crippen LogP contribution is 1.93. The highest BCUT2D eigenvalue weighted by Gasteiger charge is 1.96. The van der Waals surface area contributed by atoms with E-state index in [9.17, 15) is 0 Å². The molecular formula is C4H12Cl4O6. The zero-order valence-electron chi connectivity index (χ0n) is 6.77. The van der Waals surface area contributed by atoms with E-state index in [2.05, 4.69) is 32.3 Å². The molecule has 92 valence electrons.